The molecule has 3 heterocycles. The number of pyridine rings is 1. The molecule has 5 nitrogen and oxygen atoms in total. The summed E-state index contributed by atoms with van der Waals surface area (Å²) in [6.07, 6.45) is 4.80. The number of carbonyl (C=O) groups is 2. The topological polar surface area (TPSA) is 59.5 Å². The lowest BCUT2D eigenvalue weighted by molar-refractivity contribution is -0.142. The molecule has 2 aliphatic heterocycles. The van der Waals surface area contributed by atoms with Gasteiger partial charge in [0.15, 0.2) is 5.78 Å². The van der Waals surface area contributed by atoms with Gasteiger partial charge in [0.25, 0.3) is 5.91 Å². The van der Waals surface area contributed by atoms with E-state index in [2.05, 4.69) is 17.1 Å². The predicted octanol–water partition coefficient (Wildman–Crippen LogP) is 4.50. The maximum atomic E-state index is 13.0. The van der Waals surface area contributed by atoms with Gasteiger partial charge in [0.05, 0.1) is 5.52 Å². The summed E-state index contributed by atoms with van der Waals surface area (Å²) < 4.78 is 5.52. The molecule has 2 saturated heterocycles. The summed E-state index contributed by atoms with van der Waals surface area (Å²) in [6.45, 7) is 1.95. The Morgan fingerprint density at radius 2 is 1.71 bits per heavy atom. The molecule has 0 radical (unpaired) electrons. The van der Waals surface area contributed by atoms with Crippen molar-refractivity contribution in [3.05, 3.63) is 66.4 Å². The summed E-state index contributed by atoms with van der Waals surface area (Å²) >= 11 is 0. The fourth-order valence-corrected chi connectivity index (χ4v) is 4.63. The number of carbonyl (C=O) groups excluding carboxylic acids is 2. The second-order valence-corrected chi connectivity index (χ2v) is 8.46. The average molecular weight is 415 g/mol. The zero-order valence-electron chi connectivity index (χ0n) is 17.5. The molecule has 0 aliphatic carbocycles. The number of fused-ring (bicyclic) bond motifs is 1. The van der Waals surface area contributed by atoms with Crippen LogP contribution in [0.1, 0.15) is 36.0 Å². The number of ether oxygens (including phenoxy) is 1. The first-order valence-corrected chi connectivity index (χ1v) is 11.1. The second-order valence-electron chi connectivity index (χ2n) is 8.46. The van der Waals surface area contributed by atoms with Crippen LogP contribution in [0, 0.1) is 5.92 Å². The molecule has 5 heteroatoms. The standard InChI is InChI=1S/C26H26N2O3/c29-25(20-11-13-28(14-12-20)26(30)24-6-3-15-31-24)19-9-7-18(8-10-19)22-16-21-4-1-2-5-23(21)27-17-22/h1-2,4-5,7-10,16-17,20,24H,3,6,11-15H2. The van der Waals surface area contributed by atoms with Crippen molar-refractivity contribution >= 4 is 22.6 Å². The SMILES string of the molecule is O=C(c1ccc(-c2cnc3ccccc3c2)cc1)C1CCN(C(=O)C2CCCO2)CC1. The molecule has 1 atom stereocenters. The molecule has 5 rings (SSSR count). The molecule has 0 saturated carbocycles. The summed E-state index contributed by atoms with van der Waals surface area (Å²) in [4.78, 5) is 31.9. The van der Waals surface area contributed by atoms with Crippen LogP contribution in [0.2, 0.25) is 0 Å². The zero-order chi connectivity index (χ0) is 21.2. The molecule has 0 N–H and O–H groups in total. The fraction of sp³-hybridized carbons (Fsp3) is 0.346. The van der Waals surface area contributed by atoms with Crippen LogP contribution in [0.3, 0.4) is 0 Å². The van der Waals surface area contributed by atoms with Crippen molar-refractivity contribution in [2.24, 2.45) is 5.92 Å². The molecule has 2 aromatic carbocycles. The summed E-state index contributed by atoms with van der Waals surface area (Å²) in [7, 11) is 0. The second kappa shape index (κ2) is 8.60. The average Bonchev–Trinajstić information content (AvgIpc) is 3.38. The number of Topliss-reactive ketones (excluding diaryl/α,β-unsaturated/α-hetero) is 1. The van der Waals surface area contributed by atoms with Gasteiger partial charge in [-0.15, -0.1) is 0 Å². The van der Waals surface area contributed by atoms with Crippen LogP contribution < -0.4 is 0 Å². The summed E-state index contributed by atoms with van der Waals surface area (Å²) in [5, 5.41) is 1.10. The Hall–Kier alpha value is -3.05. The quantitative estimate of drug-likeness (QED) is 0.590. The Morgan fingerprint density at radius 1 is 0.935 bits per heavy atom. The van der Waals surface area contributed by atoms with Gasteiger partial charge in [-0.1, -0.05) is 42.5 Å². The van der Waals surface area contributed by atoms with Crippen LogP contribution in [0.15, 0.2) is 60.8 Å². The number of benzene rings is 2. The summed E-state index contributed by atoms with van der Waals surface area (Å²) in [5.41, 5.74) is 3.80. The lowest BCUT2D eigenvalue weighted by atomic mass is 9.88. The van der Waals surface area contributed by atoms with Crippen molar-refractivity contribution in [2.75, 3.05) is 19.7 Å². The van der Waals surface area contributed by atoms with Crippen LogP contribution >= 0.6 is 0 Å². The van der Waals surface area contributed by atoms with E-state index < -0.39 is 0 Å². The number of nitrogens with zero attached hydrogens (tertiary/aromatic N) is 2. The molecule has 0 bridgehead atoms. The first-order chi connectivity index (χ1) is 15.2. The number of rotatable bonds is 4. The maximum Gasteiger partial charge on any atom is 0.251 e. The Kier molecular flexibility index (Phi) is 5.51. The largest absolute Gasteiger partial charge is 0.368 e. The van der Waals surface area contributed by atoms with Gasteiger partial charge in [-0.05, 0) is 43.4 Å². The molecule has 2 aliphatic rings. The van der Waals surface area contributed by atoms with Crippen LogP contribution in [-0.2, 0) is 9.53 Å². The van der Waals surface area contributed by atoms with Crippen LogP contribution in [-0.4, -0.2) is 47.4 Å². The van der Waals surface area contributed by atoms with Crippen LogP contribution in [0.25, 0.3) is 22.0 Å². The Bertz CT molecular complexity index is 1100. The van der Waals surface area contributed by atoms with E-state index in [-0.39, 0.29) is 23.7 Å². The van der Waals surface area contributed by atoms with Gasteiger partial charge in [-0.3, -0.25) is 14.6 Å². The molecule has 31 heavy (non-hydrogen) atoms. The summed E-state index contributed by atoms with van der Waals surface area (Å²) in [5.74, 6) is 0.242. The third kappa shape index (κ3) is 4.10. The molecule has 1 aromatic heterocycles. The number of para-hydroxylation sites is 1. The predicted molar refractivity (Wildman–Crippen MR) is 120 cm³/mol. The van der Waals surface area contributed by atoms with Crippen molar-refractivity contribution in [3.63, 3.8) is 0 Å². The van der Waals surface area contributed by atoms with Crippen molar-refractivity contribution in [3.8, 4) is 11.1 Å². The molecule has 0 spiro atoms. The highest BCUT2D eigenvalue weighted by molar-refractivity contribution is 5.98. The van der Waals surface area contributed by atoms with E-state index in [9.17, 15) is 9.59 Å². The van der Waals surface area contributed by atoms with Gasteiger partial charge in [-0.2, -0.15) is 0 Å². The molecule has 1 unspecified atom stereocenters. The Morgan fingerprint density at radius 3 is 2.45 bits per heavy atom. The van der Waals surface area contributed by atoms with Crippen molar-refractivity contribution in [1.82, 2.24) is 9.88 Å². The highest BCUT2D eigenvalue weighted by Crippen LogP contribution is 2.27. The minimum absolute atomic E-state index is 0.0262. The monoisotopic (exact) mass is 414 g/mol. The van der Waals surface area contributed by atoms with Gasteiger partial charge in [0, 0.05) is 48.3 Å². The minimum Gasteiger partial charge on any atom is -0.368 e. The molecule has 1 amide bonds. The highest BCUT2D eigenvalue weighted by Gasteiger charge is 2.32. The van der Waals surface area contributed by atoms with Crippen LogP contribution in [0.5, 0.6) is 0 Å². The molecular formula is C26H26N2O3. The first kappa shape index (κ1) is 19.9. The number of piperidine rings is 1. The van der Waals surface area contributed by atoms with E-state index in [0.29, 0.717) is 32.5 Å². The van der Waals surface area contributed by atoms with Gasteiger partial charge in [0.2, 0.25) is 0 Å². The van der Waals surface area contributed by atoms with Gasteiger partial charge in [0.1, 0.15) is 6.10 Å². The number of aromatic nitrogens is 1. The number of likely N-dealkylation sites (tertiary alicyclic amines) is 1. The maximum absolute atomic E-state index is 13.0. The van der Waals surface area contributed by atoms with Crippen molar-refractivity contribution < 1.29 is 14.3 Å². The Balaban J connectivity index is 1.23. The van der Waals surface area contributed by atoms with E-state index in [1.807, 2.05) is 53.6 Å². The third-order valence-corrected chi connectivity index (χ3v) is 6.48. The zero-order valence-corrected chi connectivity index (χ0v) is 17.5. The van der Waals surface area contributed by atoms with Crippen LogP contribution in [0.4, 0.5) is 0 Å². The lowest BCUT2D eigenvalue weighted by Gasteiger charge is -2.32. The third-order valence-electron chi connectivity index (χ3n) is 6.48. The van der Waals surface area contributed by atoms with Gasteiger partial charge >= 0.3 is 0 Å². The van der Waals surface area contributed by atoms with Gasteiger partial charge in [-0.25, -0.2) is 0 Å². The molecule has 3 aromatic rings. The normalized spacial score (nSPS) is 19.6. The summed E-state index contributed by atoms with van der Waals surface area (Å²) in [6, 6.07) is 18.0. The van der Waals surface area contributed by atoms with E-state index in [1.165, 1.54) is 0 Å². The van der Waals surface area contributed by atoms with Gasteiger partial charge < -0.3 is 9.64 Å². The smallest absolute Gasteiger partial charge is 0.251 e. The van der Waals surface area contributed by atoms with E-state index in [0.717, 1.165) is 40.4 Å². The van der Waals surface area contributed by atoms with E-state index in [4.69, 9.17) is 4.74 Å². The number of hydrogen-bond donors (Lipinski definition) is 0. The first-order valence-electron chi connectivity index (χ1n) is 11.1. The highest BCUT2D eigenvalue weighted by atomic mass is 16.5. The van der Waals surface area contributed by atoms with Crippen molar-refractivity contribution in [2.45, 2.75) is 31.8 Å². The Labute approximate surface area is 182 Å². The fourth-order valence-electron chi connectivity index (χ4n) is 4.63. The number of ketones is 1. The van der Waals surface area contributed by atoms with Crippen molar-refractivity contribution in [1.29, 1.82) is 0 Å². The van der Waals surface area contributed by atoms with E-state index in [1.54, 1.807) is 0 Å². The lowest BCUT2D eigenvalue weighted by Crippen LogP contribution is -2.44. The molecular weight excluding hydrogens is 388 g/mol. The number of hydrogen-bond acceptors (Lipinski definition) is 4. The molecule has 2 fully saturated rings. The number of amides is 1. The van der Waals surface area contributed by atoms with E-state index >= 15 is 0 Å². The molecule has 158 valence electrons. The minimum atomic E-state index is -0.274.